The summed E-state index contributed by atoms with van der Waals surface area (Å²) in [7, 11) is 0. The average molecular weight is 278 g/mol. The molecule has 6 heteroatoms. The quantitative estimate of drug-likeness (QED) is 0.661. The minimum absolute atomic E-state index is 0.0472. The SMILES string of the molecule is CCCC1(C(=O)O)CCN(c2ccc([N+](=O)[O-])cc2)C1. The van der Waals surface area contributed by atoms with Crippen LogP contribution in [0.25, 0.3) is 0 Å². The number of carboxylic acids is 1. The smallest absolute Gasteiger partial charge is 0.311 e. The van der Waals surface area contributed by atoms with E-state index >= 15 is 0 Å². The van der Waals surface area contributed by atoms with E-state index in [9.17, 15) is 20.0 Å². The van der Waals surface area contributed by atoms with Crippen molar-refractivity contribution >= 4 is 17.3 Å². The Balaban J connectivity index is 2.15. The second-order valence-electron chi connectivity index (χ2n) is 5.28. The zero-order valence-corrected chi connectivity index (χ0v) is 11.4. The minimum atomic E-state index is -0.747. The molecule has 0 aromatic heterocycles. The van der Waals surface area contributed by atoms with Gasteiger partial charge in [-0.2, -0.15) is 0 Å². The second kappa shape index (κ2) is 5.48. The highest BCUT2D eigenvalue weighted by atomic mass is 16.6. The van der Waals surface area contributed by atoms with Crippen molar-refractivity contribution in [3.05, 3.63) is 34.4 Å². The maximum atomic E-state index is 11.5. The van der Waals surface area contributed by atoms with Gasteiger partial charge in [0.05, 0.1) is 10.3 Å². The van der Waals surface area contributed by atoms with Crippen LogP contribution in [0.3, 0.4) is 0 Å². The number of hydrogen-bond donors (Lipinski definition) is 1. The van der Waals surface area contributed by atoms with Gasteiger partial charge in [0.15, 0.2) is 0 Å². The number of aliphatic carboxylic acids is 1. The normalized spacial score (nSPS) is 21.9. The fourth-order valence-corrected chi connectivity index (χ4v) is 2.84. The van der Waals surface area contributed by atoms with Gasteiger partial charge in [-0.05, 0) is 25.0 Å². The van der Waals surface area contributed by atoms with Crippen LogP contribution in [0.5, 0.6) is 0 Å². The lowest BCUT2D eigenvalue weighted by atomic mass is 9.83. The number of benzene rings is 1. The maximum absolute atomic E-state index is 11.5. The van der Waals surface area contributed by atoms with Gasteiger partial charge in [0, 0.05) is 30.9 Å². The van der Waals surface area contributed by atoms with E-state index in [1.165, 1.54) is 12.1 Å². The number of anilines is 1. The number of carboxylic acid groups (broad SMARTS) is 1. The molecule has 1 aliphatic rings. The molecule has 0 spiro atoms. The Morgan fingerprint density at radius 3 is 2.60 bits per heavy atom. The molecule has 6 nitrogen and oxygen atoms in total. The highest BCUT2D eigenvalue weighted by Crippen LogP contribution is 2.38. The Bertz CT molecular complexity index is 514. The highest BCUT2D eigenvalue weighted by Gasteiger charge is 2.44. The van der Waals surface area contributed by atoms with Gasteiger partial charge >= 0.3 is 5.97 Å². The third-order valence-electron chi connectivity index (χ3n) is 3.96. The van der Waals surface area contributed by atoms with Crippen LogP contribution >= 0.6 is 0 Å². The first-order chi connectivity index (χ1) is 9.48. The summed E-state index contributed by atoms with van der Waals surface area (Å²) in [6, 6.07) is 6.27. The van der Waals surface area contributed by atoms with Gasteiger partial charge in [-0.1, -0.05) is 13.3 Å². The van der Waals surface area contributed by atoms with E-state index in [0.717, 1.165) is 12.1 Å². The van der Waals surface area contributed by atoms with Crippen LogP contribution in [0.2, 0.25) is 0 Å². The number of non-ortho nitro benzene ring substituents is 1. The van der Waals surface area contributed by atoms with E-state index < -0.39 is 16.3 Å². The van der Waals surface area contributed by atoms with Gasteiger partial charge in [-0.15, -0.1) is 0 Å². The first-order valence-corrected chi connectivity index (χ1v) is 6.71. The van der Waals surface area contributed by atoms with Crippen LogP contribution in [0.4, 0.5) is 11.4 Å². The molecule has 1 aromatic carbocycles. The molecule has 20 heavy (non-hydrogen) atoms. The largest absolute Gasteiger partial charge is 0.481 e. The lowest BCUT2D eigenvalue weighted by molar-refractivity contribution is -0.384. The summed E-state index contributed by atoms with van der Waals surface area (Å²) in [6.07, 6.45) is 2.11. The molecule has 0 amide bonds. The summed E-state index contributed by atoms with van der Waals surface area (Å²) >= 11 is 0. The second-order valence-corrected chi connectivity index (χ2v) is 5.28. The van der Waals surface area contributed by atoms with Crippen molar-refractivity contribution in [2.24, 2.45) is 5.41 Å². The molecule has 1 N–H and O–H groups in total. The summed E-state index contributed by atoms with van der Waals surface area (Å²) in [5.74, 6) is -0.747. The van der Waals surface area contributed by atoms with Crippen LogP contribution in [0, 0.1) is 15.5 Å². The standard InChI is InChI=1S/C14H18N2O4/c1-2-7-14(13(17)18)8-9-15(10-14)11-3-5-12(6-4-11)16(19)20/h3-6H,2,7-10H2,1H3,(H,17,18). The van der Waals surface area contributed by atoms with Crippen molar-refractivity contribution in [2.75, 3.05) is 18.0 Å². The zero-order valence-electron chi connectivity index (χ0n) is 11.4. The summed E-state index contributed by atoms with van der Waals surface area (Å²) in [5.41, 5.74) is 0.206. The van der Waals surface area contributed by atoms with Crippen LogP contribution < -0.4 is 4.90 Å². The molecule has 1 aliphatic heterocycles. The van der Waals surface area contributed by atoms with Crippen LogP contribution in [-0.2, 0) is 4.79 Å². The van der Waals surface area contributed by atoms with E-state index in [1.54, 1.807) is 12.1 Å². The zero-order chi connectivity index (χ0) is 14.8. The van der Waals surface area contributed by atoms with Gasteiger partial charge in [-0.25, -0.2) is 0 Å². The molecule has 1 heterocycles. The molecule has 0 saturated carbocycles. The molecular formula is C14H18N2O4. The van der Waals surface area contributed by atoms with Gasteiger partial charge < -0.3 is 10.0 Å². The fraction of sp³-hybridized carbons (Fsp3) is 0.500. The van der Waals surface area contributed by atoms with E-state index in [0.29, 0.717) is 25.9 Å². The highest BCUT2D eigenvalue weighted by molar-refractivity contribution is 5.77. The molecule has 0 bridgehead atoms. The van der Waals surface area contributed by atoms with Crippen molar-refractivity contribution in [3.63, 3.8) is 0 Å². The van der Waals surface area contributed by atoms with Gasteiger partial charge in [0.1, 0.15) is 0 Å². The van der Waals surface area contributed by atoms with Crippen LogP contribution in [0.15, 0.2) is 24.3 Å². The van der Waals surface area contributed by atoms with E-state index in [1.807, 2.05) is 11.8 Å². The fourth-order valence-electron chi connectivity index (χ4n) is 2.84. The predicted octanol–water partition coefficient (Wildman–Crippen LogP) is 2.68. The average Bonchev–Trinajstić information content (AvgIpc) is 2.85. The number of rotatable bonds is 5. The summed E-state index contributed by atoms with van der Waals surface area (Å²) < 4.78 is 0. The Morgan fingerprint density at radius 2 is 2.10 bits per heavy atom. The number of hydrogen-bond acceptors (Lipinski definition) is 4. The van der Waals surface area contributed by atoms with Crippen molar-refractivity contribution in [1.29, 1.82) is 0 Å². The molecular weight excluding hydrogens is 260 g/mol. The summed E-state index contributed by atoms with van der Waals surface area (Å²) in [4.78, 5) is 23.7. The first kappa shape index (κ1) is 14.3. The van der Waals surface area contributed by atoms with Crippen molar-refractivity contribution in [3.8, 4) is 0 Å². The maximum Gasteiger partial charge on any atom is 0.311 e. The lowest BCUT2D eigenvalue weighted by Crippen LogP contribution is -2.34. The Kier molecular flexibility index (Phi) is 3.92. The van der Waals surface area contributed by atoms with Crippen molar-refractivity contribution < 1.29 is 14.8 Å². The third-order valence-corrected chi connectivity index (χ3v) is 3.96. The molecule has 1 saturated heterocycles. The van der Waals surface area contributed by atoms with E-state index in [-0.39, 0.29) is 5.69 Å². The van der Waals surface area contributed by atoms with Crippen molar-refractivity contribution in [2.45, 2.75) is 26.2 Å². The molecule has 0 aliphatic carbocycles. The molecule has 1 unspecified atom stereocenters. The van der Waals surface area contributed by atoms with E-state index in [2.05, 4.69) is 0 Å². The molecule has 1 atom stereocenters. The monoisotopic (exact) mass is 278 g/mol. The number of nitrogens with zero attached hydrogens (tertiary/aromatic N) is 2. The number of nitro groups is 1. The third kappa shape index (κ3) is 2.59. The van der Waals surface area contributed by atoms with Crippen LogP contribution in [0.1, 0.15) is 26.2 Å². The Hall–Kier alpha value is -2.11. The summed E-state index contributed by atoms with van der Waals surface area (Å²) in [6.45, 7) is 3.12. The Labute approximate surface area is 117 Å². The van der Waals surface area contributed by atoms with Gasteiger partial charge in [0.25, 0.3) is 5.69 Å². The molecule has 1 fully saturated rings. The first-order valence-electron chi connectivity index (χ1n) is 6.71. The molecule has 0 radical (unpaired) electrons. The lowest BCUT2D eigenvalue weighted by Gasteiger charge is -2.25. The van der Waals surface area contributed by atoms with Gasteiger partial charge in [-0.3, -0.25) is 14.9 Å². The summed E-state index contributed by atoms with van der Waals surface area (Å²) in [5, 5.41) is 20.1. The van der Waals surface area contributed by atoms with Crippen LogP contribution in [-0.4, -0.2) is 29.1 Å². The minimum Gasteiger partial charge on any atom is -0.481 e. The topological polar surface area (TPSA) is 83.7 Å². The molecule has 1 aromatic rings. The van der Waals surface area contributed by atoms with Gasteiger partial charge in [0.2, 0.25) is 0 Å². The molecule has 108 valence electrons. The molecule has 2 rings (SSSR count). The number of carbonyl (C=O) groups is 1. The number of nitro benzene ring substituents is 1. The Morgan fingerprint density at radius 1 is 1.45 bits per heavy atom. The van der Waals surface area contributed by atoms with E-state index in [4.69, 9.17) is 0 Å². The predicted molar refractivity (Wildman–Crippen MR) is 74.9 cm³/mol. The van der Waals surface area contributed by atoms with Crippen molar-refractivity contribution in [1.82, 2.24) is 0 Å².